The van der Waals surface area contributed by atoms with Gasteiger partial charge in [-0.3, -0.25) is 9.59 Å². The van der Waals surface area contributed by atoms with Gasteiger partial charge in [0.25, 0.3) is 5.56 Å². The third-order valence-corrected chi connectivity index (χ3v) is 8.01. The number of aryl methyl sites for hydroxylation is 1. The maximum Gasteiger partial charge on any atom is 0.254 e. The number of aromatic amines is 1. The van der Waals surface area contributed by atoms with Gasteiger partial charge in [0.05, 0.1) is 4.90 Å². The number of benzene rings is 1. The first kappa shape index (κ1) is 23.5. The third kappa shape index (κ3) is 5.75. The SMILES string of the molecule is CSc1nc(C)c(CCC(=O)Nc2ccc(S(=O)(=O)N3CCC(C)CC3)cc2)c(=O)[nH]1. The van der Waals surface area contributed by atoms with E-state index in [0.717, 1.165) is 12.8 Å². The first-order valence-corrected chi connectivity index (χ1v) is 12.9. The molecule has 1 aromatic carbocycles. The van der Waals surface area contributed by atoms with Crippen LogP contribution in [0.25, 0.3) is 0 Å². The van der Waals surface area contributed by atoms with Crippen molar-refractivity contribution in [2.45, 2.75) is 49.6 Å². The summed E-state index contributed by atoms with van der Waals surface area (Å²) in [6, 6.07) is 6.21. The maximum absolute atomic E-state index is 12.8. The minimum atomic E-state index is -3.52. The molecule has 1 amide bonds. The van der Waals surface area contributed by atoms with Crippen LogP contribution in [0.5, 0.6) is 0 Å². The highest BCUT2D eigenvalue weighted by molar-refractivity contribution is 7.98. The molecule has 0 atom stereocenters. The summed E-state index contributed by atoms with van der Waals surface area (Å²) in [5, 5.41) is 3.30. The molecule has 0 unspecified atom stereocenters. The molecule has 1 fully saturated rings. The highest BCUT2D eigenvalue weighted by Gasteiger charge is 2.27. The summed E-state index contributed by atoms with van der Waals surface area (Å²) in [5.74, 6) is 0.288. The summed E-state index contributed by atoms with van der Waals surface area (Å²) >= 11 is 1.35. The van der Waals surface area contributed by atoms with Crippen LogP contribution >= 0.6 is 11.8 Å². The minimum Gasteiger partial charge on any atom is -0.326 e. The van der Waals surface area contributed by atoms with Crippen molar-refractivity contribution in [2.75, 3.05) is 24.7 Å². The second kappa shape index (κ2) is 9.97. The number of H-pyrrole nitrogens is 1. The molecule has 8 nitrogen and oxygen atoms in total. The third-order valence-electron chi connectivity index (χ3n) is 5.51. The minimum absolute atomic E-state index is 0.121. The molecule has 0 aliphatic carbocycles. The van der Waals surface area contributed by atoms with Crippen LogP contribution in [0.1, 0.15) is 37.4 Å². The van der Waals surface area contributed by atoms with E-state index in [-0.39, 0.29) is 29.2 Å². The van der Waals surface area contributed by atoms with Crippen molar-refractivity contribution in [3.05, 3.63) is 45.9 Å². The molecule has 1 saturated heterocycles. The molecule has 168 valence electrons. The van der Waals surface area contributed by atoms with E-state index in [4.69, 9.17) is 0 Å². The summed E-state index contributed by atoms with van der Waals surface area (Å²) in [7, 11) is -3.52. The van der Waals surface area contributed by atoms with Crippen LogP contribution in [-0.4, -0.2) is 47.9 Å². The molecule has 1 aliphatic rings. The van der Waals surface area contributed by atoms with Crippen molar-refractivity contribution < 1.29 is 13.2 Å². The van der Waals surface area contributed by atoms with E-state index in [2.05, 4.69) is 22.2 Å². The van der Waals surface area contributed by atoms with Gasteiger partial charge in [0, 0.05) is 36.5 Å². The number of carbonyl (C=O) groups is 1. The number of anilines is 1. The molecule has 3 rings (SSSR count). The Hall–Kier alpha value is -2.17. The standard InChI is InChI=1S/C21H28N4O4S2/c1-14-10-12-25(13-11-14)31(28,29)17-6-4-16(5-7-17)23-19(26)9-8-18-15(2)22-21(30-3)24-20(18)27/h4-7,14H,8-13H2,1-3H3,(H,23,26)(H,22,24,27). The fourth-order valence-electron chi connectivity index (χ4n) is 3.52. The molecule has 0 spiro atoms. The van der Waals surface area contributed by atoms with E-state index in [0.29, 0.717) is 41.1 Å². The van der Waals surface area contributed by atoms with Crippen LogP contribution in [0.4, 0.5) is 5.69 Å². The Bertz CT molecular complexity index is 1090. The lowest BCUT2D eigenvalue weighted by Crippen LogP contribution is -2.37. The fourth-order valence-corrected chi connectivity index (χ4v) is 5.41. The van der Waals surface area contributed by atoms with Crippen molar-refractivity contribution >= 4 is 33.4 Å². The molecular weight excluding hydrogens is 436 g/mol. The second-order valence-electron chi connectivity index (χ2n) is 7.80. The zero-order valence-corrected chi connectivity index (χ0v) is 19.6. The van der Waals surface area contributed by atoms with E-state index < -0.39 is 10.0 Å². The van der Waals surface area contributed by atoms with Crippen LogP contribution < -0.4 is 10.9 Å². The van der Waals surface area contributed by atoms with Gasteiger partial charge in [-0.1, -0.05) is 18.7 Å². The van der Waals surface area contributed by atoms with Gasteiger partial charge >= 0.3 is 0 Å². The highest BCUT2D eigenvalue weighted by Crippen LogP contribution is 2.24. The smallest absolute Gasteiger partial charge is 0.254 e. The quantitative estimate of drug-likeness (QED) is 0.481. The molecule has 0 bridgehead atoms. The van der Waals surface area contributed by atoms with Crippen molar-refractivity contribution in [1.82, 2.24) is 14.3 Å². The number of hydrogen-bond donors (Lipinski definition) is 2. The van der Waals surface area contributed by atoms with E-state index in [1.165, 1.54) is 28.2 Å². The average molecular weight is 465 g/mol. The van der Waals surface area contributed by atoms with Crippen molar-refractivity contribution in [1.29, 1.82) is 0 Å². The Morgan fingerprint density at radius 3 is 2.48 bits per heavy atom. The van der Waals surface area contributed by atoms with E-state index in [1.54, 1.807) is 19.1 Å². The molecule has 10 heteroatoms. The predicted molar refractivity (Wildman–Crippen MR) is 122 cm³/mol. The molecule has 1 aromatic heterocycles. The summed E-state index contributed by atoms with van der Waals surface area (Å²) < 4.78 is 27.1. The van der Waals surface area contributed by atoms with Gasteiger partial charge in [0.15, 0.2) is 5.16 Å². The Kier molecular flexibility index (Phi) is 7.55. The number of piperidine rings is 1. The molecule has 31 heavy (non-hydrogen) atoms. The lowest BCUT2D eigenvalue weighted by atomic mass is 10.0. The number of amides is 1. The van der Waals surface area contributed by atoms with Crippen LogP contribution in [0, 0.1) is 12.8 Å². The lowest BCUT2D eigenvalue weighted by molar-refractivity contribution is -0.116. The number of nitrogens with one attached hydrogen (secondary N) is 2. The number of carbonyl (C=O) groups excluding carboxylic acids is 1. The number of nitrogens with zero attached hydrogens (tertiary/aromatic N) is 2. The normalized spacial score (nSPS) is 15.7. The Labute approximate surface area is 186 Å². The van der Waals surface area contributed by atoms with Gasteiger partial charge in [-0.2, -0.15) is 4.31 Å². The van der Waals surface area contributed by atoms with Gasteiger partial charge in [-0.15, -0.1) is 0 Å². The summed E-state index contributed by atoms with van der Waals surface area (Å²) in [4.78, 5) is 31.7. The van der Waals surface area contributed by atoms with Gasteiger partial charge in [0.1, 0.15) is 0 Å². The van der Waals surface area contributed by atoms with Gasteiger partial charge in [-0.05, 0) is 62.6 Å². The Morgan fingerprint density at radius 1 is 1.26 bits per heavy atom. The number of thioether (sulfide) groups is 1. The van der Waals surface area contributed by atoms with Crippen molar-refractivity contribution in [3.63, 3.8) is 0 Å². The van der Waals surface area contributed by atoms with Crippen LogP contribution in [0.15, 0.2) is 39.1 Å². The molecule has 2 heterocycles. The van der Waals surface area contributed by atoms with Crippen molar-refractivity contribution in [3.8, 4) is 0 Å². The first-order valence-electron chi connectivity index (χ1n) is 10.2. The number of rotatable bonds is 7. The van der Waals surface area contributed by atoms with Crippen LogP contribution in [0.2, 0.25) is 0 Å². The lowest BCUT2D eigenvalue weighted by Gasteiger charge is -2.29. The Morgan fingerprint density at radius 2 is 1.90 bits per heavy atom. The molecule has 1 aliphatic heterocycles. The van der Waals surface area contributed by atoms with Gasteiger partial charge in [0.2, 0.25) is 15.9 Å². The van der Waals surface area contributed by atoms with E-state index >= 15 is 0 Å². The fraction of sp³-hybridized carbons (Fsp3) is 0.476. The molecule has 0 radical (unpaired) electrons. The summed E-state index contributed by atoms with van der Waals surface area (Å²) in [6.07, 6.45) is 3.95. The summed E-state index contributed by atoms with van der Waals surface area (Å²) in [6.45, 7) is 4.96. The number of aromatic nitrogens is 2. The van der Waals surface area contributed by atoms with Gasteiger partial charge < -0.3 is 10.3 Å². The largest absolute Gasteiger partial charge is 0.326 e. The summed E-state index contributed by atoms with van der Waals surface area (Å²) in [5.41, 5.74) is 1.39. The number of sulfonamides is 1. The van der Waals surface area contributed by atoms with Gasteiger partial charge in [-0.25, -0.2) is 13.4 Å². The molecule has 0 saturated carbocycles. The van der Waals surface area contributed by atoms with E-state index in [9.17, 15) is 18.0 Å². The van der Waals surface area contributed by atoms with E-state index in [1.807, 2.05) is 6.26 Å². The zero-order chi connectivity index (χ0) is 22.6. The zero-order valence-electron chi connectivity index (χ0n) is 18.0. The maximum atomic E-state index is 12.8. The highest BCUT2D eigenvalue weighted by atomic mass is 32.2. The second-order valence-corrected chi connectivity index (χ2v) is 10.5. The Balaban J connectivity index is 1.60. The van der Waals surface area contributed by atoms with Crippen LogP contribution in [-0.2, 0) is 21.2 Å². The first-order chi connectivity index (χ1) is 14.7. The predicted octanol–water partition coefficient (Wildman–Crippen LogP) is 2.79. The molecule has 2 N–H and O–H groups in total. The molecular formula is C21H28N4O4S2. The monoisotopic (exact) mass is 464 g/mol. The average Bonchev–Trinajstić information content (AvgIpc) is 2.73. The topological polar surface area (TPSA) is 112 Å². The van der Waals surface area contributed by atoms with Crippen LogP contribution in [0.3, 0.4) is 0 Å². The van der Waals surface area contributed by atoms with Crippen molar-refractivity contribution in [2.24, 2.45) is 5.92 Å². The molecule has 2 aromatic rings. The number of hydrogen-bond acceptors (Lipinski definition) is 6.